The van der Waals surface area contributed by atoms with Crippen LogP contribution >= 0.6 is 22.7 Å². The number of fused-ring (bicyclic) bond motifs is 1. The van der Waals surface area contributed by atoms with Crippen molar-refractivity contribution in [3.8, 4) is 0 Å². The van der Waals surface area contributed by atoms with Crippen LogP contribution in [0.4, 0.5) is 0 Å². The Morgan fingerprint density at radius 3 is 2.96 bits per heavy atom. The predicted molar refractivity (Wildman–Crippen MR) is 98.7 cm³/mol. The Kier molecular flexibility index (Phi) is 4.69. The van der Waals surface area contributed by atoms with E-state index < -0.39 is 0 Å². The number of hydrogen-bond donors (Lipinski definition) is 0. The maximum atomic E-state index is 12.1. The van der Waals surface area contributed by atoms with E-state index >= 15 is 0 Å². The molecule has 0 spiro atoms. The van der Waals surface area contributed by atoms with E-state index in [1.807, 2.05) is 34.2 Å². The number of nitrogens with zero attached hydrogens (tertiary/aromatic N) is 2. The number of carbonyl (C=O) groups is 1. The molecule has 3 nitrogen and oxygen atoms in total. The third-order valence-corrected chi connectivity index (χ3v) is 5.23. The lowest BCUT2D eigenvalue weighted by Gasteiger charge is -2.03. The minimum atomic E-state index is -0.250. The first kappa shape index (κ1) is 15.6. The van der Waals surface area contributed by atoms with Gasteiger partial charge in [0.25, 0.3) is 5.91 Å². The van der Waals surface area contributed by atoms with E-state index in [9.17, 15) is 4.79 Å². The molecule has 2 heterocycles. The van der Waals surface area contributed by atoms with E-state index in [-0.39, 0.29) is 5.91 Å². The third-order valence-electron chi connectivity index (χ3n) is 3.35. The lowest BCUT2D eigenvalue weighted by Crippen LogP contribution is -2.16. The van der Waals surface area contributed by atoms with E-state index in [1.54, 1.807) is 17.4 Å². The molecule has 3 aromatic rings. The van der Waals surface area contributed by atoms with Crippen LogP contribution in [-0.4, -0.2) is 10.5 Å². The second-order valence-electron chi connectivity index (χ2n) is 5.00. The number of benzene rings is 1. The van der Waals surface area contributed by atoms with E-state index in [2.05, 4.69) is 30.6 Å². The summed E-state index contributed by atoms with van der Waals surface area (Å²) in [5, 5.41) is 1.98. The number of amides is 1. The quantitative estimate of drug-likeness (QED) is 0.512. The van der Waals surface area contributed by atoms with Crippen LogP contribution in [0.5, 0.6) is 0 Å². The smallest absolute Gasteiger partial charge is 0.272 e. The van der Waals surface area contributed by atoms with Gasteiger partial charge in [0.1, 0.15) is 0 Å². The number of aryl methyl sites for hydroxylation is 1. The monoisotopic (exact) mass is 340 g/mol. The summed E-state index contributed by atoms with van der Waals surface area (Å²) in [5.74, 6) is -0.250. The van der Waals surface area contributed by atoms with Crippen molar-refractivity contribution in [3.05, 3.63) is 69.7 Å². The zero-order chi connectivity index (χ0) is 16.2. The highest BCUT2D eigenvalue weighted by molar-refractivity contribution is 7.16. The Morgan fingerprint density at radius 2 is 2.22 bits per heavy atom. The van der Waals surface area contributed by atoms with Crippen LogP contribution < -0.4 is 4.80 Å². The summed E-state index contributed by atoms with van der Waals surface area (Å²) in [4.78, 5) is 18.2. The van der Waals surface area contributed by atoms with Crippen molar-refractivity contribution in [2.45, 2.75) is 13.5 Å². The molecule has 116 valence electrons. The van der Waals surface area contributed by atoms with Crippen molar-refractivity contribution in [1.29, 1.82) is 0 Å². The Morgan fingerprint density at radius 1 is 1.35 bits per heavy atom. The molecule has 0 saturated carbocycles. The Bertz CT molecular complexity index is 943. The molecule has 0 aliphatic heterocycles. The van der Waals surface area contributed by atoms with Crippen LogP contribution in [0.3, 0.4) is 0 Å². The van der Waals surface area contributed by atoms with Gasteiger partial charge in [0.05, 0.1) is 10.2 Å². The number of hydrogen-bond acceptors (Lipinski definition) is 3. The summed E-state index contributed by atoms with van der Waals surface area (Å²) < 4.78 is 3.17. The molecule has 0 saturated heterocycles. The van der Waals surface area contributed by atoms with Gasteiger partial charge in [-0.15, -0.1) is 17.9 Å². The lowest BCUT2D eigenvalue weighted by molar-refractivity contribution is -0.113. The number of rotatable bonds is 4. The first-order valence-corrected chi connectivity index (χ1v) is 8.89. The highest BCUT2D eigenvalue weighted by Gasteiger charge is 2.08. The minimum Gasteiger partial charge on any atom is -0.312 e. The summed E-state index contributed by atoms with van der Waals surface area (Å²) in [5.41, 5.74) is 2.29. The SMILES string of the molecule is C=CCn1c(=NC(=O)/C=C/c2cccs2)sc2cccc(C)c21. The summed E-state index contributed by atoms with van der Waals surface area (Å²) in [7, 11) is 0. The maximum absolute atomic E-state index is 12.1. The summed E-state index contributed by atoms with van der Waals surface area (Å²) in [6, 6.07) is 10.1. The van der Waals surface area contributed by atoms with Crippen molar-refractivity contribution < 1.29 is 4.79 Å². The standard InChI is InChI=1S/C18H16N2OS2/c1-3-11-20-17-13(2)6-4-8-15(17)23-18(20)19-16(21)10-9-14-7-5-12-22-14/h3-10,12H,1,11H2,2H3/b10-9+,19-18?. The fraction of sp³-hybridized carbons (Fsp3) is 0.111. The highest BCUT2D eigenvalue weighted by Crippen LogP contribution is 2.21. The molecule has 0 fully saturated rings. The molecule has 0 aliphatic carbocycles. The van der Waals surface area contributed by atoms with E-state index in [1.165, 1.54) is 23.0 Å². The van der Waals surface area contributed by atoms with Gasteiger partial charge in [0, 0.05) is 17.5 Å². The number of thiazole rings is 1. The van der Waals surface area contributed by atoms with Gasteiger partial charge in [-0.25, -0.2) is 0 Å². The van der Waals surface area contributed by atoms with Gasteiger partial charge in [-0.05, 0) is 36.1 Å². The topological polar surface area (TPSA) is 34.4 Å². The van der Waals surface area contributed by atoms with Crippen LogP contribution in [0.15, 0.2) is 59.4 Å². The molecule has 5 heteroatoms. The van der Waals surface area contributed by atoms with E-state index in [0.717, 1.165) is 15.1 Å². The van der Waals surface area contributed by atoms with Gasteiger partial charge in [0.2, 0.25) is 0 Å². The second-order valence-corrected chi connectivity index (χ2v) is 6.99. The van der Waals surface area contributed by atoms with E-state index in [0.29, 0.717) is 11.3 Å². The van der Waals surface area contributed by atoms with Gasteiger partial charge in [-0.3, -0.25) is 4.79 Å². The van der Waals surface area contributed by atoms with Crippen molar-refractivity contribution in [2.75, 3.05) is 0 Å². The zero-order valence-electron chi connectivity index (χ0n) is 12.7. The Hall–Kier alpha value is -2.24. The average molecular weight is 340 g/mol. The molecule has 1 aromatic carbocycles. The molecule has 0 N–H and O–H groups in total. The van der Waals surface area contributed by atoms with Gasteiger partial charge in [0.15, 0.2) is 4.80 Å². The number of thiophene rings is 1. The van der Waals surface area contributed by atoms with Crippen molar-refractivity contribution in [3.63, 3.8) is 0 Å². The third kappa shape index (κ3) is 3.41. The molecular weight excluding hydrogens is 324 g/mol. The number of aromatic nitrogens is 1. The second kappa shape index (κ2) is 6.89. The van der Waals surface area contributed by atoms with Crippen LogP contribution in [0.1, 0.15) is 10.4 Å². The fourth-order valence-corrected chi connectivity index (χ4v) is 4.10. The van der Waals surface area contributed by atoms with Crippen molar-refractivity contribution in [2.24, 2.45) is 4.99 Å². The maximum Gasteiger partial charge on any atom is 0.272 e. The largest absolute Gasteiger partial charge is 0.312 e. The van der Waals surface area contributed by atoms with Crippen molar-refractivity contribution in [1.82, 2.24) is 4.57 Å². The molecule has 0 aliphatic rings. The molecule has 0 unspecified atom stereocenters. The lowest BCUT2D eigenvalue weighted by atomic mass is 10.2. The summed E-state index contributed by atoms with van der Waals surface area (Å²) in [6.45, 7) is 6.50. The zero-order valence-corrected chi connectivity index (χ0v) is 14.4. The van der Waals surface area contributed by atoms with Gasteiger partial charge < -0.3 is 4.57 Å². The molecule has 0 radical (unpaired) electrons. The first-order chi connectivity index (χ1) is 11.2. The molecule has 0 bridgehead atoms. The number of carbonyl (C=O) groups excluding carboxylic acids is 1. The number of para-hydroxylation sites is 1. The van der Waals surface area contributed by atoms with Crippen LogP contribution in [0.2, 0.25) is 0 Å². The Balaban J connectivity index is 2.04. The average Bonchev–Trinajstić information content (AvgIpc) is 3.15. The summed E-state index contributed by atoms with van der Waals surface area (Å²) >= 11 is 3.12. The van der Waals surface area contributed by atoms with Gasteiger partial charge >= 0.3 is 0 Å². The van der Waals surface area contributed by atoms with Crippen LogP contribution in [-0.2, 0) is 11.3 Å². The normalized spacial score (nSPS) is 12.3. The fourth-order valence-electron chi connectivity index (χ4n) is 2.36. The van der Waals surface area contributed by atoms with Crippen LogP contribution in [0, 0.1) is 6.92 Å². The molecule has 23 heavy (non-hydrogen) atoms. The first-order valence-electron chi connectivity index (χ1n) is 7.19. The molecule has 1 amide bonds. The van der Waals surface area contributed by atoms with E-state index in [4.69, 9.17) is 0 Å². The summed E-state index contributed by atoms with van der Waals surface area (Å²) in [6.07, 6.45) is 5.14. The molecule has 0 atom stereocenters. The van der Waals surface area contributed by atoms with Crippen molar-refractivity contribution >= 4 is 44.9 Å². The molecular formula is C18H16N2OS2. The number of allylic oxidation sites excluding steroid dienone is 1. The Labute approximate surface area is 142 Å². The minimum absolute atomic E-state index is 0.250. The van der Waals surface area contributed by atoms with Gasteiger partial charge in [-0.1, -0.05) is 35.6 Å². The highest BCUT2D eigenvalue weighted by atomic mass is 32.1. The molecule has 3 rings (SSSR count). The predicted octanol–water partition coefficient (Wildman–Crippen LogP) is 4.40. The van der Waals surface area contributed by atoms with Crippen LogP contribution in [0.25, 0.3) is 16.3 Å². The molecule has 2 aromatic heterocycles. The van der Waals surface area contributed by atoms with Gasteiger partial charge in [-0.2, -0.15) is 4.99 Å².